The van der Waals surface area contributed by atoms with Crippen molar-refractivity contribution in [1.82, 2.24) is 0 Å². The predicted molar refractivity (Wildman–Crippen MR) is 253 cm³/mol. The van der Waals surface area contributed by atoms with Crippen molar-refractivity contribution < 1.29 is 58.2 Å². The molecule has 0 rings (SSSR count). The Labute approximate surface area is 381 Å². The molecule has 0 nitrogen and oxygen atoms in total. The molecule has 0 heterocycles. The summed E-state index contributed by atoms with van der Waals surface area (Å²) in [6.07, 6.45) is -7.36. The first-order valence-electron chi connectivity index (χ1n) is 24.5. The van der Waals surface area contributed by atoms with Crippen molar-refractivity contribution in [3.05, 3.63) is 0 Å². The van der Waals surface area contributed by atoms with Crippen LogP contribution in [0.2, 0.25) is 0 Å². The standard InChI is InChI=1S/2C5H9F3.2C5H12.2C4H7F3.4C4H10.C3H8.C2H6/c1-4(2,3)5(6,7)8;1-3-4(2)5(6,7)8;1-4-5(2)3;1-3-5-4-2;2*1-3(2)4(5,6)7;2*1-4(2)3;2*1-3-4-2;1-3-2;1-2/h1-3H3;4H,3H2,1-2H3;5H,4H2,1-3H3;3-5H2,1-2H3;2*3H,1-2H3;2*4H,1-3H3;2*3-4H2,1-2H3;3H2,1-2H3;1-2H3/i;;;;3D;;4D;;3D2;;;. The number of unbranched alkanes of at least 4 members (excludes halogenated alkanes) is 3. The van der Waals surface area contributed by atoms with Gasteiger partial charge in [0, 0.05) is 17.3 Å². The minimum Gasteiger partial charge on any atom is -0.171 e. The summed E-state index contributed by atoms with van der Waals surface area (Å²) < 4.78 is 164. The smallest absolute Gasteiger partial charge is 0.171 e. The van der Waals surface area contributed by atoms with E-state index in [0.717, 1.165) is 60.3 Å². The monoisotopic (exact) mass is 931 g/mol. The Morgan fingerprint density at radius 3 is 0.623 bits per heavy atom. The third-order valence-electron chi connectivity index (χ3n) is 5.62. The van der Waals surface area contributed by atoms with Crippen LogP contribution in [0.5, 0.6) is 0 Å². The van der Waals surface area contributed by atoms with Crippen LogP contribution >= 0.6 is 0 Å². The van der Waals surface area contributed by atoms with E-state index in [1.165, 1.54) is 58.8 Å². The maximum absolute atomic E-state index is 11.6. The minimum atomic E-state index is -4.40. The molecule has 390 valence electrons. The van der Waals surface area contributed by atoms with E-state index < -0.39 is 54.2 Å². The first-order valence-corrected chi connectivity index (χ1v) is 22.5. The molecule has 0 aliphatic rings. The van der Waals surface area contributed by atoms with Crippen molar-refractivity contribution in [1.29, 1.82) is 0 Å². The Kier molecular flexibility index (Phi) is 77.7. The number of hydrogen-bond donors (Lipinski definition) is 0. The molecule has 1 atom stereocenters. The molecule has 1 unspecified atom stereocenters. The van der Waals surface area contributed by atoms with E-state index >= 15 is 0 Å². The summed E-state index contributed by atoms with van der Waals surface area (Å²) >= 11 is 0. The number of halogens is 12. The van der Waals surface area contributed by atoms with Gasteiger partial charge in [-0.05, 0) is 24.2 Å². The number of rotatable bonds is 6. The van der Waals surface area contributed by atoms with Gasteiger partial charge in [-0.3, -0.25) is 0 Å². The number of hydrogen-bond acceptors (Lipinski definition) is 0. The summed E-state index contributed by atoms with van der Waals surface area (Å²) in [6.45, 7) is 49.2. The van der Waals surface area contributed by atoms with Gasteiger partial charge in [0.05, 0.1) is 11.3 Å². The maximum atomic E-state index is 11.6. The van der Waals surface area contributed by atoms with E-state index in [9.17, 15) is 52.7 Å². The molecular formula is C49H110F12. The zero-order chi connectivity index (χ0) is 56.7. The average molecular weight is 931 g/mol. The first kappa shape index (κ1) is 77.4. The van der Waals surface area contributed by atoms with Gasteiger partial charge in [0.25, 0.3) is 0 Å². The molecule has 0 aliphatic heterocycles. The lowest BCUT2D eigenvalue weighted by atomic mass is 9.96. The lowest BCUT2D eigenvalue weighted by Crippen LogP contribution is -2.28. The predicted octanol–water partition coefficient (Wildman–Crippen LogP) is 23.2. The van der Waals surface area contributed by atoms with Crippen LogP contribution < -0.4 is 0 Å². The highest BCUT2D eigenvalue weighted by Crippen LogP contribution is 2.36. The maximum Gasteiger partial charge on any atom is 0.393 e. The lowest BCUT2D eigenvalue weighted by molar-refractivity contribution is -0.204. The van der Waals surface area contributed by atoms with E-state index in [2.05, 4.69) is 83.1 Å². The molecule has 0 aromatic heterocycles. The molecule has 0 bridgehead atoms. The van der Waals surface area contributed by atoms with Crippen molar-refractivity contribution in [2.24, 2.45) is 40.9 Å². The SMILES string of the molecule is CC.CC(C)(C)C(F)(F)F.CC(C)C.CC(C)C(F)(F)F.CCC.CCC(C)C.CCC(C)C(F)(F)F.CCCC.CCCCC.[2H]C(C)(C)C.[2H]C(C)(C)C(F)(F)F.[2H]C([2H])(C)CC. The average Bonchev–Trinajstić information content (AvgIpc) is 3.07. The van der Waals surface area contributed by atoms with Crippen LogP contribution in [0.1, 0.15) is 264 Å². The van der Waals surface area contributed by atoms with Gasteiger partial charge in [-0.2, -0.15) is 52.7 Å². The molecule has 0 N–H and O–H groups in total. The van der Waals surface area contributed by atoms with Crippen molar-refractivity contribution in [2.45, 2.75) is 283 Å². The lowest BCUT2D eigenvalue weighted by Gasteiger charge is -2.21. The zero-order valence-corrected chi connectivity index (χ0v) is 45.2. The van der Waals surface area contributed by atoms with Crippen molar-refractivity contribution >= 4 is 0 Å². The van der Waals surface area contributed by atoms with Crippen LogP contribution in [-0.4, -0.2) is 24.7 Å². The Morgan fingerprint density at radius 1 is 0.443 bits per heavy atom. The van der Waals surface area contributed by atoms with Gasteiger partial charge in [-0.15, -0.1) is 0 Å². The van der Waals surface area contributed by atoms with Crippen LogP contribution in [0.3, 0.4) is 0 Å². The van der Waals surface area contributed by atoms with E-state index in [4.69, 9.17) is 5.48 Å². The largest absolute Gasteiger partial charge is 0.393 e. The van der Waals surface area contributed by atoms with Gasteiger partial charge in [-0.25, -0.2) is 0 Å². The quantitative estimate of drug-likeness (QED) is 0.233. The third-order valence-corrected chi connectivity index (χ3v) is 5.62. The molecule has 0 aromatic carbocycles. The normalized spacial score (nSPS) is 12.5. The van der Waals surface area contributed by atoms with E-state index in [-0.39, 0.29) is 12.3 Å². The Hall–Kier alpha value is -0.840. The van der Waals surface area contributed by atoms with Crippen molar-refractivity contribution in [2.75, 3.05) is 0 Å². The molecule has 0 fully saturated rings. The molecule has 0 aliphatic carbocycles. The molecule has 12 heteroatoms. The highest BCUT2D eigenvalue weighted by molar-refractivity contribution is 4.70. The van der Waals surface area contributed by atoms with Gasteiger partial charge >= 0.3 is 24.7 Å². The molecule has 0 saturated carbocycles. The summed E-state index contributed by atoms with van der Waals surface area (Å²) in [4.78, 5) is 0. The molecule has 0 spiro atoms. The fraction of sp³-hybridized carbons (Fsp3) is 1.00. The molecule has 0 amide bonds. The topological polar surface area (TPSA) is 0 Å². The van der Waals surface area contributed by atoms with Crippen LogP contribution in [-0.2, 0) is 0 Å². The molecule has 0 aromatic rings. The second-order valence-electron chi connectivity index (χ2n) is 16.6. The fourth-order valence-electron chi connectivity index (χ4n) is 0.585. The Bertz CT molecular complexity index is 765. The van der Waals surface area contributed by atoms with Gasteiger partial charge in [0.15, 0.2) is 0 Å². The molecule has 0 saturated heterocycles. The van der Waals surface area contributed by atoms with Crippen LogP contribution in [0, 0.1) is 40.9 Å². The summed E-state index contributed by atoms with van der Waals surface area (Å²) in [5, 5.41) is 0. The van der Waals surface area contributed by atoms with Crippen molar-refractivity contribution in [3.8, 4) is 0 Å². The summed E-state index contributed by atoms with van der Waals surface area (Å²) in [5.74, 6) is -3.20. The van der Waals surface area contributed by atoms with E-state index in [1.807, 2.05) is 41.5 Å². The van der Waals surface area contributed by atoms with Crippen molar-refractivity contribution in [3.63, 3.8) is 0 Å². The summed E-state index contributed by atoms with van der Waals surface area (Å²) in [7, 11) is 0. The third kappa shape index (κ3) is 166. The number of alkyl halides is 12. The van der Waals surface area contributed by atoms with Gasteiger partial charge in [0.1, 0.15) is 0 Å². The Morgan fingerprint density at radius 2 is 0.623 bits per heavy atom. The summed E-state index contributed by atoms with van der Waals surface area (Å²) in [6, 6.07) is 0. The Balaban J connectivity index is -0.0000000479. The first-order chi connectivity index (χ1) is 28.2. The van der Waals surface area contributed by atoms with E-state index in [0.29, 0.717) is 6.42 Å². The van der Waals surface area contributed by atoms with Crippen LogP contribution in [0.25, 0.3) is 0 Å². The van der Waals surface area contributed by atoms with Crippen LogP contribution in [0.15, 0.2) is 0 Å². The molecular weight excluding hydrogens is 817 g/mol. The second kappa shape index (κ2) is 61.2. The molecule has 0 radical (unpaired) electrons. The summed E-state index contributed by atoms with van der Waals surface area (Å²) in [5.41, 5.74) is -1.56. The second-order valence-corrected chi connectivity index (χ2v) is 16.6. The van der Waals surface area contributed by atoms with E-state index in [1.54, 1.807) is 6.92 Å². The minimum absolute atomic E-state index is 0.170. The highest BCUT2D eigenvalue weighted by Gasteiger charge is 2.43. The molecule has 61 heavy (non-hydrogen) atoms. The van der Waals surface area contributed by atoms with Gasteiger partial charge in [-0.1, -0.05) is 252 Å². The van der Waals surface area contributed by atoms with Gasteiger partial charge < -0.3 is 0 Å². The van der Waals surface area contributed by atoms with Crippen LogP contribution in [0.4, 0.5) is 52.7 Å². The highest BCUT2D eigenvalue weighted by atomic mass is 19.4. The zero-order valence-electron chi connectivity index (χ0n) is 49.2. The van der Waals surface area contributed by atoms with Gasteiger partial charge in [0.2, 0.25) is 0 Å². The fourth-order valence-corrected chi connectivity index (χ4v) is 0.585.